The number of pyridine rings is 1. The zero-order valence-corrected chi connectivity index (χ0v) is 14.4. The maximum absolute atomic E-state index is 12.5. The first-order valence-corrected chi connectivity index (χ1v) is 7.89. The SMILES string of the molecule is Cc1nn(C)c(C)c1C(=O)Nc1cccc(C#Cc2ccccn2)c1. The van der Waals surface area contributed by atoms with E-state index in [0.29, 0.717) is 22.6 Å². The second kappa shape index (κ2) is 7.02. The zero-order chi connectivity index (χ0) is 17.8. The van der Waals surface area contributed by atoms with Gasteiger partial charge in [0.05, 0.1) is 11.3 Å². The Balaban J connectivity index is 1.80. The predicted octanol–water partition coefficient (Wildman–Crippen LogP) is 3.08. The number of anilines is 1. The summed E-state index contributed by atoms with van der Waals surface area (Å²) in [5.74, 6) is 5.90. The molecule has 0 aliphatic carbocycles. The minimum atomic E-state index is -0.169. The standard InChI is InChI=1S/C20H18N4O/c1-14-19(15(2)24(3)23-14)20(25)22-18-9-6-7-16(13-18)10-11-17-8-4-5-12-21-17/h4-9,12-13H,1-3H3,(H,22,25). The van der Waals surface area contributed by atoms with Gasteiger partial charge in [-0.1, -0.05) is 18.1 Å². The molecule has 0 fully saturated rings. The van der Waals surface area contributed by atoms with Crippen molar-refractivity contribution >= 4 is 11.6 Å². The topological polar surface area (TPSA) is 59.8 Å². The van der Waals surface area contributed by atoms with E-state index in [9.17, 15) is 4.79 Å². The van der Waals surface area contributed by atoms with Crippen molar-refractivity contribution in [3.8, 4) is 11.8 Å². The summed E-state index contributed by atoms with van der Waals surface area (Å²) in [6.45, 7) is 3.71. The van der Waals surface area contributed by atoms with E-state index in [4.69, 9.17) is 0 Å². The van der Waals surface area contributed by atoms with Crippen LogP contribution in [0.15, 0.2) is 48.7 Å². The summed E-state index contributed by atoms with van der Waals surface area (Å²) >= 11 is 0. The first kappa shape index (κ1) is 16.5. The second-order valence-electron chi connectivity index (χ2n) is 5.67. The fourth-order valence-corrected chi connectivity index (χ4v) is 2.54. The molecule has 0 saturated carbocycles. The third-order valence-electron chi connectivity index (χ3n) is 3.86. The lowest BCUT2D eigenvalue weighted by Gasteiger charge is -2.06. The molecule has 2 aromatic heterocycles. The molecule has 0 atom stereocenters. The number of aryl methyl sites for hydroxylation is 2. The highest BCUT2D eigenvalue weighted by Gasteiger charge is 2.17. The van der Waals surface area contributed by atoms with E-state index >= 15 is 0 Å². The van der Waals surface area contributed by atoms with Gasteiger partial charge in [-0.25, -0.2) is 4.98 Å². The van der Waals surface area contributed by atoms with Gasteiger partial charge in [-0.2, -0.15) is 5.10 Å². The molecule has 1 amide bonds. The number of amides is 1. The molecular formula is C20H18N4O. The molecule has 0 aliphatic heterocycles. The van der Waals surface area contributed by atoms with Crippen molar-refractivity contribution in [2.75, 3.05) is 5.32 Å². The van der Waals surface area contributed by atoms with E-state index in [1.54, 1.807) is 10.9 Å². The highest BCUT2D eigenvalue weighted by molar-refractivity contribution is 6.05. The Kier molecular flexibility index (Phi) is 4.62. The molecule has 5 nitrogen and oxygen atoms in total. The van der Waals surface area contributed by atoms with Gasteiger partial charge in [-0.15, -0.1) is 0 Å². The van der Waals surface area contributed by atoms with Crippen molar-refractivity contribution < 1.29 is 4.79 Å². The number of aromatic nitrogens is 3. The van der Waals surface area contributed by atoms with Gasteiger partial charge in [0.1, 0.15) is 5.69 Å². The van der Waals surface area contributed by atoms with Crippen LogP contribution in [0.4, 0.5) is 5.69 Å². The van der Waals surface area contributed by atoms with Crippen LogP contribution >= 0.6 is 0 Å². The van der Waals surface area contributed by atoms with E-state index in [1.807, 2.05) is 63.4 Å². The van der Waals surface area contributed by atoms with Gasteiger partial charge < -0.3 is 5.32 Å². The number of carbonyl (C=O) groups is 1. The van der Waals surface area contributed by atoms with E-state index in [0.717, 1.165) is 11.3 Å². The van der Waals surface area contributed by atoms with Crippen LogP contribution in [0.2, 0.25) is 0 Å². The number of rotatable bonds is 2. The van der Waals surface area contributed by atoms with Gasteiger partial charge in [0.25, 0.3) is 5.91 Å². The molecule has 1 aromatic carbocycles. The molecule has 0 spiro atoms. The van der Waals surface area contributed by atoms with Gasteiger partial charge in [-0.05, 0) is 50.1 Å². The Bertz CT molecular complexity index is 978. The lowest BCUT2D eigenvalue weighted by Crippen LogP contribution is -2.14. The van der Waals surface area contributed by atoms with Crippen LogP contribution in [0.3, 0.4) is 0 Å². The molecule has 0 radical (unpaired) electrons. The smallest absolute Gasteiger partial charge is 0.259 e. The Morgan fingerprint density at radius 1 is 1.12 bits per heavy atom. The zero-order valence-electron chi connectivity index (χ0n) is 14.4. The number of carbonyl (C=O) groups excluding carboxylic acids is 1. The summed E-state index contributed by atoms with van der Waals surface area (Å²) in [4.78, 5) is 16.7. The average molecular weight is 330 g/mol. The lowest BCUT2D eigenvalue weighted by molar-refractivity contribution is 0.102. The van der Waals surface area contributed by atoms with E-state index < -0.39 is 0 Å². The van der Waals surface area contributed by atoms with Gasteiger partial charge in [0.15, 0.2) is 0 Å². The molecule has 0 unspecified atom stereocenters. The lowest BCUT2D eigenvalue weighted by atomic mass is 10.1. The summed E-state index contributed by atoms with van der Waals surface area (Å²) in [5, 5.41) is 7.20. The minimum Gasteiger partial charge on any atom is -0.322 e. The van der Waals surface area contributed by atoms with Crippen LogP contribution in [0.1, 0.15) is 33.0 Å². The molecule has 0 aliphatic rings. The molecular weight excluding hydrogens is 312 g/mol. The molecule has 0 bridgehead atoms. The van der Waals surface area contributed by atoms with Crippen LogP contribution in [0.5, 0.6) is 0 Å². The Morgan fingerprint density at radius 3 is 2.64 bits per heavy atom. The van der Waals surface area contributed by atoms with Crippen molar-refractivity contribution in [2.24, 2.45) is 7.05 Å². The maximum atomic E-state index is 12.5. The Hall–Kier alpha value is -3.39. The molecule has 3 rings (SSSR count). The summed E-state index contributed by atoms with van der Waals surface area (Å²) < 4.78 is 1.71. The summed E-state index contributed by atoms with van der Waals surface area (Å²) in [7, 11) is 1.83. The van der Waals surface area contributed by atoms with E-state index in [-0.39, 0.29) is 5.91 Å². The highest BCUT2D eigenvalue weighted by atomic mass is 16.1. The summed E-state index contributed by atoms with van der Waals surface area (Å²) in [6, 6.07) is 13.0. The van der Waals surface area contributed by atoms with Crippen molar-refractivity contribution in [2.45, 2.75) is 13.8 Å². The van der Waals surface area contributed by atoms with Crippen LogP contribution in [-0.2, 0) is 7.05 Å². The number of benzene rings is 1. The monoisotopic (exact) mass is 330 g/mol. The molecule has 25 heavy (non-hydrogen) atoms. The summed E-state index contributed by atoms with van der Waals surface area (Å²) in [6.07, 6.45) is 1.71. The molecule has 5 heteroatoms. The third-order valence-corrected chi connectivity index (χ3v) is 3.86. The van der Waals surface area contributed by atoms with Crippen LogP contribution in [-0.4, -0.2) is 20.7 Å². The fourth-order valence-electron chi connectivity index (χ4n) is 2.54. The quantitative estimate of drug-likeness (QED) is 0.735. The predicted molar refractivity (Wildman–Crippen MR) is 97.3 cm³/mol. The maximum Gasteiger partial charge on any atom is 0.259 e. The van der Waals surface area contributed by atoms with Crippen molar-refractivity contribution in [3.63, 3.8) is 0 Å². The summed E-state index contributed by atoms with van der Waals surface area (Å²) in [5.41, 5.74) is 4.36. The van der Waals surface area contributed by atoms with E-state index in [2.05, 4.69) is 27.2 Å². The molecule has 3 aromatic rings. The number of hydrogen-bond acceptors (Lipinski definition) is 3. The van der Waals surface area contributed by atoms with Gasteiger partial charge >= 0.3 is 0 Å². The van der Waals surface area contributed by atoms with Gasteiger partial charge in [0.2, 0.25) is 0 Å². The average Bonchev–Trinajstić information content (AvgIpc) is 2.86. The number of nitrogens with zero attached hydrogens (tertiary/aromatic N) is 3. The van der Waals surface area contributed by atoms with Gasteiger partial charge in [0, 0.05) is 30.2 Å². The molecule has 2 heterocycles. The van der Waals surface area contributed by atoms with Crippen molar-refractivity contribution in [1.82, 2.24) is 14.8 Å². The van der Waals surface area contributed by atoms with Crippen LogP contribution < -0.4 is 5.32 Å². The first-order chi connectivity index (χ1) is 12.0. The number of hydrogen-bond donors (Lipinski definition) is 1. The normalized spacial score (nSPS) is 10.0. The molecule has 124 valence electrons. The fraction of sp³-hybridized carbons (Fsp3) is 0.150. The highest BCUT2D eigenvalue weighted by Crippen LogP contribution is 2.16. The van der Waals surface area contributed by atoms with Crippen LogP contribution in [0.25, 0.3) is 0 Å². The first-order valence-electron chi connectivity index (χ1n) is 7.89. The Morgan fingerprint density at radius 2 is 1.96 bits per heavy atom. The van der Waals surface area contributed by atoms with Gasteiger partial charge in [-0.3, -0.25) is 9.48 Å². The van der Waals surface area contributed by atoms with E-state index in [1.165, 1.54) is 0 Å². The largest absolute Gasteiger partial charge is 0.322 e. The minimum absolute atomic E-state index is 0.169. The Labute approximate surface area is 146 Å². The second-order valence-corrected chi connectivity index (χ2v) is 5.67. The number of nitrogens with one attached hydrogen (secondary N) is 1. The van der Waals surface area contributed by atoms with Crippen molar-refractivity contribution in [1.29, 1.82) is 0 Å². The molecule has 1 N–H and O–H groups in total. The van der Waals surface area contributed by atoms with Crippen LogP contribution in [0, 0.1) is 25.7 Å². The van der Waals surface area contributed by atoms with Crippen molar-refractivity contribution in [3.05, 3.63) is 76.9 Å². The third kappa shape index (κ3) is 3.75. The molecule has 0 saturated heterocycles.